The van der Waals surface area contributed by atoms with E-state index in [4.69, 9.17) is 4.98 Å². The minimum atomic E-state index is -0.280. The molecule has 2 aliphatic rings. The van der Waals surface area contributed by atoms with E-state index >= 15 is 0 Å². The number of H-pyrrole nitrogens is 1. The lowest BCUT2D eigenvalue weighted by Crippen LogP contribution is -2.42. The molecule has 136 valence electrons. The van der Waals surface area contributed by atoms with E-state index in [0.717, 1.165) is 35.4 Å². The number of amides is 1. The van der Waals surface area contributed by atoms with Crippen molar-refractivity contribution in [2.75, 3.05) is 0 Å². The summed E-state index contributed by atoms with van der Waals surface area (Å²) in [5.41, 5.74) is 4.11. The summed E-state index contributed by atoms with van der Waals surface area (Å²) in [6, 6.07) is 8.09. The Bertz CT molecular complexity index is 1030. The zero-order chi connectivity index (χ0) is 18.5. The quantitative estimate of drug-likeness (QED) is 0.759. The lowest BCUT2D eigenvalue weighted by atomic mass is 9.98. The maximum absolute atomic E-state index is 13.2. The molecule has 2 aliphatic heterocycles. The predicted molar refractivity (Wildman–Crippen MR) is 96.4 cm³/mol. The van der Waals surface area contributed by atoms with Crippen molar-refractivity contribution in [3.05, 3.63) is 65.0 Å². The third-order valence-electron chi connectivity index (χ3n) is 5.45. The first-order valence-corrected chi connectivity index (χ1v) is 9.06. The Hall–Kier alpha value is -3.09. The molecule has 0 saturated carbocycles. The molecule has 0 radical (unpaired) electrons. The molecule has 1 amide bonds. The third-order valence-corrected chi connectivity index (χ3v) is 5.45. The fourth-order valence-electron chi connectivity index (χ4n) is 4.19. The van der Waals surface area contributed by atoms with E-state index in [0.29, 0.717) is 17.9 Å². The van der Waals surface area contributed by atoms with Crippen LogP contribution in [0.15, 0.2) is 36.5 Å². The highest BCUT2D eigenvalue weighted by molar-refractivity contribution is 5.93. The number of halogens is 1. The molecule has 4 heterocycles. The minimum Gasteiger partial charge on any atom is -0.327 e. The van der Waals surface area contributed by atoms with Crippen molar-refractivity contribution in [3.8, 4) is 11.4 Å². The zero-order valence-corrected chi connectivity index (χ0v) is 14.8. The summed E-state index contributed by atoms with van der Waals surface area (Å²) < 4.78 is 13.2. The van der Waals surface area contributed by atoms with Gasteiger partial charge in [0.25, 0.3) is 5.91 Å². The molecule has 5 rings (SSSR count). The van der Waals surface area contributed by atoms with Gasteiger partial charge in [-0.25, -0.2) is 14.4 Å². The Morgan fingerprint density at radius 1 is 1.26 bits per heavy atom. The van der Waals surface area contributed by atoms with Crippen LogP contribution in [0.5, 0.6) is 0 Å². The molecule has 1 fully saturated rings. The molecule has 27 heavy (non-hydrogen) atoms. The highest BCUT2D eigenvalue weighted by Crippen LogP contribution is 2.43. The first kappa shape index (κ1) is 16.1. The molecular weight excluding hydrogens is 345 g/mol. The molecule has 1 saturated heterocycles. The number of aromatic amines is 1. The summed E-state index contributed by atoms with van der Waals surface area (Å²) in [4.78, 5) is 24.1. The van der Waals surface area contributed by atoms with Gasteiger partial charge in [0.1, 0.15) is 11.5 Å². The summed E-state index contributed by atoms with van der Waals surface area (Å²) in [6.07, 6.45) is 4.38. The van der Waals surface area contributed by atoms with Crippen molar-refractivity contribution in [1.29, 1.82) is 0 Å². The Morgan fingerprint density at radius 2 is 2.07 bits per heavy atom. The smallest absolute Gasteiger partial charge is 0.275 e. The summed E-state index contributed by atoms with van der Waals surface area (Å²) in [6.45, 7) is 1.88. The molecule has 0 unspecified atom stereocenters. The van der Waals surface area contributed by atoms with Crippen molar-refractivity contribution in [2.45, 2.75) is 38.3 Å². The molecule has 1 N–H and O–H groups in total. The van der Waals surface area contributed by atoms with Crippen LogP contribution < -0.4 is 0 Å². The van der Waals surface area contributed by atoms with Gasteiger partial charge in [-0.05, 0) is 50.1 Å². The summed E-state index contributed by atoms with van der Waals surface area (Å²) in [5.74, 6) is 0.272. The Morgan fingerprint density at radius 3 is 2.81 bits per heavy atom. The average Bonchev–Trinajstić information content (AvgIpc) is 3.24. The molecule has 6 nitrogen and oxygen atoms in total. The Labute approximate surface area is 155 Å². The van der Waals surface area contributed by atoms with Crippen LogP contribution in [0.3, 0.4) is 0 Å². The summed E-state index contributed by atoms with van der Waals surface area (Å²) in [7, 11) is 0. The van der Waals surface area contributed by atoms with E-state index < -0.39 is 0 Å². The van der Waals surface area contributed by atoms with Crippen LogP contribution in [-0.4, -0.2) is 37.0 Å². The maximum Gasteiger partial charge on any atom is 0.275 e. The monoisotopic (exact) mass is 363 g/mol. The molecular formula is C20H18FN5O. The minimum absolute atomic E-state index is 0.00877. The Kier molecular flexibility index (Phi) is 3.56. The van der Waals surface area contributed by atoms with Crippen LogP contribution in [0.4, 0.5) is 4.39 Å². The second-order valence-electron chi connectivity index (χ2n) is 7.20. The summed E-state index contributed by atoms with van der Waals surface area (Å²) in [5, 5.41) is 6.96. The van der Waals surface area contributed by atoms with Gasteiger partial charge < -0.3 is 4.90 Å². The highest BCUT2D eigenvalue weighted by Gasteiger charge is 2.44. The predicted octanol–water partition coefficient (Wildman–Crippen LogP) is 3.22. The number of hydrogen-bond acceptors (Lipinski definition) is 4. The first-order chi connectivity index (χ1) is 13.1. The van der Waals surface area contributed by atoms with E-state index in [1.807, 2.05) is 18.0 Å². The van der Waals surface area contributed by atoms with Crippen molar-refractivity contribution in [2.24, 2.45) is 0 Å². The number of nitrogens with zero attached hydrogens (tertiary/aromatic N) is 4. The lowest BCUT2D eigenvalue weighted by Gasteiger charge is -2.35. The van der Waals surface area contributed by atoms with Crippen molar-refractivity contribution >= 4 is 5.91 Å². The Balaban J connectivity index is 1.49. The largest absolute Gasteiger partial charge is 0.327 e. The maximum atomic E-state index is 13.2. The van der Waals surface area contributed by atoms with Crippen LogP contribution in [-0.2, 0) is 6.42 Å². The van der Waals surface area contributed by atoms with Gasteiger partial charge in [-0.3, -0.25) is 9.89 Å². The fraction of sp³-hybridized carbons (Fsp3) is 0.300. The molecule has 7 heteroatoms. The van der Waals surface area contributed by atoms with Gasteiger partial charge in [-0.1, -0.05) is 0 Å². The van der Waals surface area contributed by atoms with Crippen LogP contribution in [0.1, 0.15) is 46.3 Å². The highest BCUT2D eigenvalue weighted by atomic mass is 19.1. The van der Waals surface area contributed by atoms with E-state index in [1.54, 1.807) is 18.2 Å². The number of aromatic nitrogens is 4. The van der Waals surface area contributed by atoms with Crippen LogP contribution in [0.2, 0.25) is 0 Å². The second kappa shape index (κ2) is 5.97. The van der Waals surface area contributed by atoms with E-state index in [-0.39, 0.29) is 23.8 Å². The van der Waals surface area contributed by atoms with E-state index in [2.05, 4.69) is 15.2 Å². The molecule has 0 spiro atoms. The number of carbonyl (C=O) groups excluding carboxylic acids is 1. The number of nitrogens with one attached hydrogen (secondary N) is 1. The lowest BCUT2D eigenvalue weighted by molar-refractivity contribution is 0.0637. The van der Waals surface area contributed by atoms with Crippen molar-refractivity contribution < 1.29 is 9.18 Å². The van der Waals surface area contributed by atoms with Gasteiger partial charge in [0.2, 0.25) is 0 Å². The van der Waals surface area contributed by atoms with Gasteiger partial charge in [-0.15, -0.1) is 0 Å². The molecule has 3 aromatic rings. The van der Waals surface area contributed by atoms with Crippen LogP contribution in [0, 0.1) is 12.7 Å². The fourth-order valence-corrected chi connectivity index (χ4v) is 4.19. The topological polar surface area (TPSA) is 74.8 Å². The zero-order valence-electron chi connectivity index (χ0n) is 14.8. The SMILES string of the molecule is Cc1cc(C(=O)N2[C@H]3CC[C@@H]2c2cnc(-c4ccc(F)cc4)nc2C3)n[nH]1. The average molecular weight is 363 g/mol. The molecule has 2 aromatic heterocycles. The third kappa shape index (κ3) is 2.61. The molecule has 1 aromatic carbocycles. The van der Waals surface area contributed by atoms with Crippen molar-refractivity contribution in [1.82, 2.24) is 25.1 Å². The first-order valence-electron chi connectivity index (χ1n) is 9.06. The van der Waals surface area contributed by atoms with Gasteiger partial charge >= 0.3 is 0 Å². The van der Waals surface area contributed by atoms with Gasteiger partial charge in [0.15, 0.2) is 5.82 Å². The summed E-state index contributed by atoms with van der Waals surface area (Å²) >= 11 is 0. The normalized spacial score (nSPS) is 20.6. The van der Waals surface area contributed by atoms with Gasteiger partial charge in [0.05, 0.1) is 11.7 Å². The number of hydrogen-bond donors (Lipinski definition) is 1. The number of aryl methyl sites for hydroxylation is 1. The van der Waals surface area contributed by atoms with Crippen molar-refractivity contribution in [3.63, 3.8) is 0 Å². The number of carbonyl (C=O) groups is 1. The molecule has 0 aliphatic carbocycles. The molecule has 2 bridgehead atoms. The second-order valence-corrected chi connectivity index (χ2v) is 7.20. The van der Waals surface area contributed by atoms with Gasteiger partial charge in [-0.2, -0.15) is 5.10 Å². The number of fused-ring (bicyclic) bond motifs is 4. The van der Waals surface area contributed by atoms with E-state index in [9.17, 15) is 9.18 Å². The standard InChI is InChI=1S/C20H18FN5O/c1-11-8-17(25-24-11)20(27)26-14-6-7-18(26)15-10-22-19(23-16(15)9-14)12-2-4-13(21)5-3-12/h2-5,8,10,14,18H,6-7,9H2,1H3,(H,24,25)/t14-,18+/m0/s1. The van der Waals surface area contributed by atoms with E-state index in [1.165, 1.54) is 12.1 Å². The molecule has 2 atom stereocenters. The number of benzene rings is 1. The van der Waals surface area contributed by atoms with Gasteiger partial charge in [0, 0.05) is 35.5 Å². The van der Waals surface area contributed by atoms with Crippen LogP contribution >= 0.6 is 0 Å². The number of rotatable bonds is 2. The van der Waals surface area contributed by atoms with Crippen LogP contribution in [0.25, 0.3) is 11.4 Å².